The van der Waals surface area contributed by atoms with Gasteiger partial charge in [0.05, 0.1) is 0 Å². The molecule has 13 nitrogen and oxygen atoms in total. The maximum atomic E-state index is 13.3. The standard InChI is InChI=1S/C25H29N3O10S.Na.H/c1-12(29)9-16(31)37-10-14-11-39-22-18(21(33)28(22)19(14)23(34)35)26-20(32)17(13-5-7-15(30)8-6-13)27-24(36)38-25(2,3)4;;/h5-8,17-18,22,30H,9-11H2,1-4H3,(H,26,32)(H,27,36)(H,34,35);;/t17?,18-,22-;;/m1../s1. The third-order valence-corrected chi connectivity index (χ3v) is 6.84. The zero-order valence-electron chi connectivity index (χ0n) is 21.7. The van der Waals surface area contributed by atoms with Gasteiger partial charge in [0.15, 0.2) is 0 Å². The molecule has 2 aliphatic rings. The first-order valence-corrected chi connectivity index (χ1v) is 12.9. The zero-order valence-corrected chi connectivity index (χ0v) is 22.5. The Balaban J connectivity index is 0.00000560. The van der Waals surface area contributed by atoms with Crippen molar-refractivity contribution in [3.05, 3.63) is 41.1 Å². The normalized spacial score (nSPS) is 18.8. The number of aromatic hydroxyl groups is 1. The van der Waals surface area contributed by atoms with E-state index in [4.69, 9.17) is 9.47 Å². The minimum absolute atomic E-state index is 0. The Bertz CT molecular complexity index is 1230. The molecule has 1 fully saturated rings. The van der Waals surface area contributed by atoms with Crippen LogP contribution < -0.4 is 10.6 Å². The van der Waals surface area contributed by atoms with Crippen molar-refractivity contribution in [2.24, 2.45) is 0 Å². The average molecular weight is 588 g/mol. The van der Waals surface area contributed by atoms with E-state index in [1.165, 1.54) is 31.2 Å². The van der Waals surface area contributed by atoms with E-state index in [2.05, 4.69) is 10.6 Å². The predicted octanol–water partition coefficient (Wildman–Crippen LogP) is 0.570. The van der Waals surface area contributed by atoms with Crippen LogP contribution in [0.1, 0.15) is 45.7 Å². The monoisotopic (exact) mass is 587 g/mol. The number of carboxylic acids is 1. The number of fused-ring (bicyclic) bond motifs is 1. The second-order valence-corrected chi connectivity index (χ2v) is 11.0. The molecule has 0 saturated carbocycles. The molecule has 2 aliphatic heterocycles. The number of Topliss-reactive ketones (excluding diaryl/α,β-unsaturated/α-hetero) is 1. The number of ketones is 1. The number of rotatable bonds is 9. The molecular weight excluding hydrogens is 557 g/mol. The van der Waals surface area contributed by atoms with Crippen molar-refractivity contribution < 1.29 is 48.5 Å². The third kappa shape index (κ3) is 8.22. The summed E-state index contributed by atoms with van der Waals surface area (Å²) < 4.78 is 10.2. The number of amides is 3. The molecule has 4 N–H and O–H groups in total. The number of ether oxygens (including phenoxy) is 2. The van der Waals surface area contributed by atoms with Gasteiger partial charge in [-0.2, -0.15) is 0 Å². The number of benzene rings is 1. The van der Waals surface area contributed by atoms with E-state index in [-0.39, 0.29) is 52.3 Å². The first-order valence-electron chi connectivity index (χ1n) is 11.8. The van der Waals surface area contributed by atoms with Crippen LogP contribution in [0.25, 0.3) is 0 Å². The van der Waals surface area contributed by atoms with Crippen LogP contribution >= 0.6 is 11.8 Å². The molecule has 0 radical (unpaired) electrons. The fourth-order valence-electron chi connectivity index (χ4n) is 3.85. The van der Waals surface area contributed by atoms with Crippen molar-refractivity contribution in [3.8, 4) is 5.75 Å². The van der Waals surface area contributed by atoms with Crippen LogP contribution in [0.4, 0.5) is 4.79 Å². The molecule has 15 heteroatoms. The molecule has 3 amide bonds. The van der Waals surface area contributed by atoms with Gasteiger partial charge in [-0.1, -0.05) is 12.1 Å². The van der Waals surface area contributed by atoms with Gasteiger partial charge in [0.2, 0.25) is 5.91 Å². The first-order chi connectivity index (χ1) is 18.2. The second-order valence-electron chi connectivity index (χ2n) is 9.86. The number of carboxylic acid groups (broad SMARTS) is 1. The molecular formula is C25H30N3NaO10S. The van der Waals surface area contributed by atoms with Crippen molar-refractivity contribution in [2.45, 2.75) is 57.2 Å². The van der Waals surface area contributed by atoms with Gasteiger partial charge in [0, 0.05) is 11.3 Å². The van der Waals surface area contributed by atoms with Gasteiger partial charge in [-0.3, -0.25) is 24.1 Å². The Morgan fingerprint density at radius 3 is 2.33 bits per heavy atom. The van der Waals surface area contributed by atoms with Crippen LogP contribution in [-0.2, 0) is 33.4 Å². The van der Waals surface area contributed by atoms with Crippen LogP contribution in [0.15, 0.2) is 35.5 Å². The molecule has 0 aromatic heterocycles. The van der Waals surface area contributed by atoms with Gasteiger partial charge in [-0.25, -0.2) is 9.59 Å². The van der Waals surface area contributed by atoms with E-state index < -0.39 is 71.7 Å². The Kier molecular flexibility index (Phi) is 11.2. The van der Waals surface area contributed by atoms with Crippen LogP contribution in [0.5, 0.6) is 5.75 Å². The quantitative estimate of drug-likeness (QED) is 0.137. The Morgan fingerprint density at radius 2 is 1.77 bits per heavy atom. The molecule has 1 aromatic rings. The number of thioether (sulfide) groups is 1. The van der Waals surface area contributed by atoms with Gasteiger partial charge >= 0.3 is 47.6 Å². The molecule has 1 unspecified atom stereocenters. The molecule has 3 rings (SSSR count). The summed E-state index contributed by atoms with van der Waals surface area (Å²) in [6, 6.07) is 3.11. The van der Waals surface area contributed by atoms with Crippen LogP contribution in [-0.4, -0.2) is 110 Å². The van der Waals surface area contributed by atoms with E-state index in [9.17, 15) is 39.0 Å². The number of phenolic OH excluding ortho intramolecular Hbond substituents is 1. The minimum atomic E-state index is -1.41. The van der Waals surface area contributed by atoms with Crippen LogP contribution in [0, 0.1) is 0 Å². The summed E-state index contributed by atoms with van der Waals surface area (Å²) in [4.78, 5) is 74.5. The van der Waals surface area contributed by atoms with Gasteiger partial charge in [0.1, 0.15) is 53.3 Å². The van der Waals surface area contributed by atoms with Crippen molar-refractivity contribution in [2.75, 3.05) is 12.4 Å². The fourth-order valence-corrected chi connectivity index (χ4v) is 5.17. The number of alkyl carbamates (subject to hydrolysis) is 1. The number of hydrogen-bond donors (Lipinski definition) is 4. The predicted molar refractivity (Wildman–Crippen MR) is 143 cm³/mol. The number of esters is 1. The summed E-state index contributed by atoms with van der Waals surface area (Å²) in [6.45, 7) is 5.76. The molecule has 0 spiro atoms. The molecule has 1 saturated heterocycles. The van der Waals surface area contributed by atoms with E-state index in [1.54, 1.807) is 20.8 Å². The van der Waals surface area contributed by atoms with E-state index in [1.807, 2.05) is 0 Å². The van der Waals surface area contributed by atoms with Gasteiger partial charge in [-0.05, 0) is 45.4 Å². The summed E-state index contributed by atoms with van der Waals surface area (Å²) in [5, 5.41) is 23.6. The summed E-state index contributed by atoms with van der Waals surface area (Å²) in [6.07, 6.45) is -1.34. The van der Waals surface area contributed by atoms with Gasteiger partial charge in [0.25, 0.3) is 5.91 Å². The third-order valence-electron chi connectivity index (χ3n) is 5.50. The molecule has 0 bridgehead atoms. The SMILES string of the molecule is CC(=O)CC(=O)OCC1=C(C(=O)O)N2C(=O)[C@@H](NC(=O)C(NC(=O)OC(C)(C)C)c3ccc(O)cc3)[C@H]2SC1.[NaH]. The molecule has 1 aromatic carbocycles. The molecule has 40 heavy (non-hydrogen) atoms. The average Bonchev–Trinajstić information content (AvgIpc) is 2.82. The number of nitrogens with zero attached hydrogens (tertiary/aromatic N) is 1. The molecule has 0 aliphatic carbocycles. The zero-order chi connectivity index (χ0) is 29.1. The van der Waals surface area contributed by atoms with Crippen LogP contribution in [0.2, 0.25) is 0 Å². The van der Waals surface area contributed by atoms with E-state index in [0.717, 1.165) is 16.7 Å². The van der Waals surface area contributed by atoms with Gasteiger partial charge in [-0.15, -0.1) is 11.8 Å². The van der Waals surface area contributed by atoms with Crippen molar-refractivity contribution in [1.29, 1.82) is 0 Å². The van der Waals surface area contributed by atoms with E-state index >= 15 is 0 Å². The molecule has 3 atom stereocenters. The number of aliphatic carboxylic acids is 1. The second kappa shape index (κ2) is 13.5. The number of carbonyl (C=O) groups excluding carboxylic acids is 5. The van der Waals surface area contributed by atoms with Crippen molar-refractivity contribution in [1.82, 2.24) is 15.5 Å². The Labute approximate surface area is 256 Å². The summed E-state index contributed by atoms with van der Waals surface area (Å²) in [7, 11) is 0. The first kappa shape index (κ1) is 33.1. The van der Waals surface area contributed by atoms with Gasteiger partial charge < -0.3 is 30.3 Å². The summed E-state index contributed by atoms with van der Waals surface area (Å²) >= 11 is 1.16. The number of β-lactam (4-membered cyclic amide) rings is 1. The van der Waals surface area contributed by atoms with E-state index in [0.29, 0.717) is 5.56 Å². The number of hydrogen-bond acceptors (Lipinski definition) is 10. The molecule has 2 heterocycles. The maximum absolute atomic E-state index is 13.3. The van der Waals surface area contributed by atoms with Crippen molar-refractivity contribution in [3.63, 3.8) is 0 Å². The van der Waals surface area contributed by atoms with Crippen LogP contribution in [0.3, 0.4) is 0 Å². The number of carbonyl (C=O) groups is 6. The number of nitrogens with one attached hydrogen (secondary N) is 2. The Morgan fingerprint density at radius 1 is 1.15 bits per heavy atom. The van der Waals surface area contributed by atoms with Crippen molar-refractivity contribution >= 4 is 76.9 Å². The molecule has 212 valence electrons. The fraction of sp³-hybridized carbons (Fsp3) is 0.440. The summed E-state index contributed by atoms with van der Waals surface area (Å²) in [5.41, 5.74) is -0.725. The summed E-state index contributed by atoms with van der Waals surface area (Å²) in [5.74, 6) is -4.06. The number of phenols is 1. The Hall–Kier alpha value is -3.07. The topological polar surface area (TPSA) is 189 Å².